The van der Waals surface area contributed by atoms with E-state index in [0.29, 0.717) is 51.8 Å². The molecule has 2 saturated heterocycles. The molecule has 0 aliphatic carbocycles. The fourth-order valence-corrected chi connectivity index (χ4v) is 5.06. The normalized spacial score (nSPS) is 24.7. The molecule has 38 heavy (non-hydrogen) atoms. The van der Waals surface area contributed by atoms with Gasteiger partial charge in [0.15, 0.2) is 17.0 Å². The number of rotatable bonds is 4. The van der Waals surface area contributed by atoms with Gasteiger partial charge in [-0.15, -0.1) is 0 Å². The van der Waals surface area contributed by atoms with Crippen molar-refractivity contribution in [3.05, 3.63) is 5.82 Å². The van der Waals surface area contributed by atoms with Crippen LogP contribution < -0.4 is 15.5 Å². The van der Waals surface area contributed by atoms with E-state index in [9.17, 15) is 18.0 Å². The molecule has 206 valence electrons. The van der Waals surface area contributed by atoms with Crippen LogP contribution in [0.25, 0.3) is 11.2 Å². The SMILES string of the molecule is CC(=O)N1CCN(c2nc3c(N4CCOCC4)nc(C4(C)C=NC(N)=NC4)nc3n2CC(F)(F)F)C[C@H]1C. The Morgan fingerprint density at radius 3 is 2.50 bits per heavy atom. The van der Waals surface area contributed by atoms with Crippen LogP contribution in [0.4, 0.5) is 24.9 Å². The summed E-state index contributed by atoms with van der Waals surface area (Å²) in [6.07, 6.45) is -2.93. The number of nitrogens with zero attached hydrogens (tertiary/aromatic N) is 9. The van der Waals surface area contributed by atoms with E-state index in [2.05, 4.69) is 15.0 Å². The summed E-state index contributed by atoms with van der Waals surface area (Å²) < 4.78 is 48.4. The van der Waals surface area contributed by atoms with Crippen molar-refractivity contribution in [1.29, 1.82) is 0 Å². The number of aliphatic imine (C=N–C) groups is 2. The van der Waals surface area contributed by atoms with Crippen LogP contribution in [-0.4, -0.2) is 107 Å². The minimum absolute atomic E-state index is 0.0725. The van der Waals surface area contributed by atoms with Crippen molar-refractivity contribution in [2.75, 3.05) is 62.3 Å². The van der Waals surface area contributed by atoms with E-state index in [-0.39, 0.29) is 47.4 Å². The summed E-state index contributed by atoms with van der Waals surface area (Å²) in [7, 11) is 0. The van der Waals surface area contributed by atoms with Crippen LogP contribution in [0.3, 0.4) is 0 Å². The quantitative estimate of drug-likeness (QED) is 0.611. The van der Waals surface area contributed by atoms with Gasteiger partial charge in [0.05, 0.1) is 25.2 Å². The van der Waals surface area contributed by atoms with Gasteiger partial charge in [0.25, 0.3) is 0 Å². The van der Waals surface area contributed by atoms with E-state index < -0.39 is 18.1 Å². The van der Waals surface area contributed by atoms with E-state index >= 15 is 0 Å². The first-order chi connectivity index (χ1) is 17.9. The zero-order chi connectivity index (χ0) is 27.2. The molecule has 0 radical (unpaired) electrons. The lowest BCUT2D eigenvalue weighted by atomic mass is 9.90. The maximum absolute atomic E-state index is 13.9. The molecule has 5 heterocycles. The number of nitrogens with two attached hydrogens (primary N) is 1. The fourth-order valence-electron chi connectivity index (χ4n) is 5.06. The molecule has 2 fully saturated rings. The second-order valence-corrected chi connectivity index (χ2v) is 10.1. The molecular formula is C23H31F3N10O2. The lowest BCUT2D eigenvalue weighted by Crippen LogP contribution is -2.54. The molecule has 12 nitrogen and oxygen atoms in total. The molecule has 5 rings (SSSR count). The van der Waals surface area contributed by atoms with Crippen LogP contribution >= 0.6 is 0 Å². The number of alkyl halides is 3. The number of ether oxygens (including phenoxy) is 1. The molecule has 3 aliphatic heterocycles. The van der Waals surface area contributed by atoms with Crippen LogP contribution in [0, 0.1) is 0 Å². The molecule has 2 atom stereocenters. The van der Waals surface area contributed by atoms with Crippen molar-refractivity contribution in [2.24, 2.45) is 15.7 Å². The molecule has 0 aromatic carbocycles. The van der Waals surface area contributed by atoms with E-state index in [1.165, 1.54) is 6.92 Å². The Kier molecular flexibility index (Phi) is 6.65. The number of hydrogen-bond acceptors (Lipinski definition) is 10. The summed E-state index contributed by atoms with van der Waals surface area (Å²) in [5.41, 5.74) is 5.22. The Morgan fingerprint density at radius 1 is 1.16 bits per heavy atom. The van der Waals surface area contributed by atoms with Crippen LogP contribution in [-0.2, 0) is 21.5 Å². The number of hydrogen-bond donors (Lipinski definition) is 1. The van der Waals surface area contributed by atoms with Crippen molar-refractivity contribution >= 4 is 41.0 Å². The Labute approximate surface area is 217 Å². The smallest absolute Gasteiger partial charge is 0.378 e. The van der Waals surface area contributed by atoms with E-state index in [0.717, 1.165) is 4.57 Å². The number of imidazole rings is 1. The van der Waals surface area contributed by atoms with Gasteiger partial charge in [-0.3, -0.25) is 14.4 Å². The number of carbonyl (C=O) groups is 1. The summed E-state index contributed by atoms with van der Waals surface area (Å²) in [6, 6.07) is -0.193. The van der Waals surface area contributed by atoms with Crippen LogP contribution in [0.2, 0.25) is 0 Å². The third-order valence-corrected chi connectivity index (χ3v) is 7.08. The topological polar surface area (TPSA) is 130 Å². The molecule has 3 aliphatic rings. The maximum atomic E-state index is 13.9. The molecule has 0 bridgehead atoms. The van der Waals surface area contributed by atoms with Gasteiger partial charge in [0.2, 0.25) is 17.8 Å². The predicted octanol–water partition coefficient (Wildman–Crippen LogP) is 0.939. The Hall–Kier alpha value is -3.49. The second kappa shape index (κ2) is 9.67. The van der Waals surface area contributed by atoms with Gasteiger partial charge < -0.3 is 25.2 Å². The third kappa shape index (κ3) is 4.98. The van der Waals surface area contributed by atoms with Gasteiger partial charge in [0.1, 0.15) is 12.4 Å². The van der Waals surface area contributed by atoms with E-state index in [4.69, 9.17) is 20.4 Å². The van der Waals surface area contributed by atoms with Crippen molar-refractivity contribution < 1.29 is 22.7 Å². The number of guanidine groups is 1. The molecule has 2 aromatic rings. The molecule has 2 N–H and O–H groups in total. The second-order valence-electron chi connectivity index (χ2n) is 10.1. The number of fused-ring (bicyclic) bond motifs is 1. The number of piperazine rings is 1. The van der Waals surface area contributed by atoms with Crippen LogP contribution in [0.5, 0.6) is 0 Å². The van der Waals surface area contributed by atoms with Crippen molar-refractivity contribution in [3.63, 3.8) is 0 Å². The van der Waals surface area contributed by atoms with Gasteiger partial charge >= 0.3 is 6.18 Å². The monoisotopic (exact) mass is 536 g/mol. The van der Waals surface area contributed by atoms with Gasteiger partial charge in [-0.1, -0.05) is 0 Å². The third-order valence-electron chi connectivity index (χ3n) is 7.08. The standard InChI is InChI=1S/C23H31F3N10O2/c1-14-10-34(4-5-35(14)15(2)37)21-30-16-17(33-6-8-38-9-7-33)31-19(22(3)11-28-20(27)29-12-22)32-18(16)36(21)13-23(24,25)26/h11,14H,4-10,12-13H2,1-3H3,(H2,27,29)/t14-,22?/m1/s1. The van der Waals surface area contributed by atoms with Crippen LogP contribution in [0.1, 0.15) is 26.6 Å². The van der Waals surface area contributed by atoms with Crippen LogP contribution in [0.15, 0.2) is 9.98 Å². The summed E-state index contributed by atoms with van der Waals surface area (Å²) in [5.74, 6) is 0.939. The molecule has 2 aromatic heterocycles. The lowest BCUT2D eigenvalue weighted by Gasteiger charge is -2.40. The minimum atomic E-state index is -4.52. The lowest BCUT2D eigenvalue weighted by molar-refractivity contribution is -0.139. The summed E-state index contributed by atoms with van der Waals surface area (Å²) in [6.45, 7) is 7.13. The Morgan fingerprint density at radius 2 is 1.89 bits per heavy atom. The number of morpholine rings is 1. The Balaban J connectivity index is 1.68. The van der Waals surface area contributed by atoms with E-state index in [1.54, 1.807) is 16.0 Å². The van der Waals surface area contributed by atoms with Crippen molar-refractivity contribution in [3.8, 4) is 0 Å². The van der Waals surface area contributed by atoms with Gasteiger partial charge in [-0.2, -0.15) is 13.2 Å². The molecule has 0 spiro atoms. The van der Waals surface area contributed by atoms with Crippen molar-refractivity contribution in [1.82, 2.24) is 24.4 Å². The molecule has 1 amide bonds. The minimum Gasteiger partial charge on any atom is -0.378 e. The number of halogens is 3. The van der Waals surface area contributed by atoms with E-state index in [1.807, 2.05) is 18.7 Å². The zero-order valence-electron chi connectivity index (χ0n) is 21.6. The van der Waals surface area contributed by atoms with Gasteiger partial charge in [0, 0.05) is 51.9 Å². The average molecular weight is 537 g/mol. The highest BCUT2D eigenvalue weighted by atomic mass is 19.4. The summed E-state index contributed by atoms with van der Waals surface area (Å²) in [4.78, 5) is 40.0. The number of carbonyl (C=O) groups excluding carboxylic acids is 1. The molecule has 0 saturated carbocycles. The largest absolute Gasteiger partial charge is 0.406 e. The zero-order valence-corrected chi connectivity index (χ0v) is 21.6. The predicted molar refractivity (Wildman–Crippen MR) is 136 cm³/mol. The number of aromatic nitrogens is 4. The fraction of sp³-hybridized carbons (Fsp3) is 0.652. The first kappa shape index (κ1) is 26.1. The molecular weight excluding hydrogens is 505 g/mol. The highest BCUT2D eigenvalue weighted by Crippen LogP contribution is 2.34. The average Bonchev–Trinajstić information content (AvgIpc) is 3.22. The molecule has 15 heteroatoms. The highest BCUT2D eigenvalue weighted by Gasteiger charge is 2.38. The highest BCUT2D eigenvalue weighted by molar-refractivity contribution is 5.93. The van der Waals surface area contributed by atoms with Crippen molar-refractivity contribution in [2.45, 2.75) is 44.9 Å². The Bertz CT molecular complexity index is 1290. The molecule has 1 unspecified atom stereocenters. The van der Waals surface area contributed by atoms with Gasteiger partial charge in [-0.25, -0.2) is 19.9 Å². The first-order valence-electron chi connectivity index (χ1n) is 12.5. The first-order valence-corrected chi connectivity index (χ1v) is 12.5. The number of amides is 1. The summed E-state index contributed by atoms with van der Waals surface area (Å²) in [5, 5.41) is 0. The van der Waals surface area contributed by atoms with Gasteiger partial charge in [-0.05, 0) is 13.8 Å². The number of anilines is 2. The maximum Gasteiger partial charge on any atom is 0.406 e. The summed E-state index contributed by atoms with van der Waals surface area (Å²) >= 11 is 0.